The first-order chi connectivity index (χ1) is 5.53. The molecule has 0 amide bonds. The van der Waals surface area contributed by atoms with Crippen molar-refractivity contribution < 1.29 is 26.3 Å². The molecule has 0 aliphatic carbocycles. The van der Waals surface area contributed by atoms with Crippen LogP contribution in [0.25, 0.3) is 0 Å². The van der Waals surface area contributed by atoms with Crippen LogP contribution in [0.5, 0.6) is 0 Å². The van der Waals surface area contributed by atoms with Gasteiger partial charge in [0.1, 0.15) is 6.10 Å². The number of rotatable bonds is 2. The molecule has 0 aromatic carbocycles. The Morgan fingerprint density at radius 3 is 2.75 bits per heavy atom. The van der Waals surface area contributed by atoms with Gasteiger partial charge in [-0.05, 0) is 0 Å². The molecule has 1 aliphatic rings. The summed E-state index contributed by atoms with van der Waals surface area (Å²) in [5.74, 6) is -0.527. The van der Waals surface area contributed by atoms with E-state index in [-0.39, 0.29) is 13.0 Å². The number of methoxy groups -OCH3 is 1. The molecule has 0 spiro atoms. The summed E-state index contributed by atoms with van der Waals surface area (Å²) in [6.45, 7) is -0.128. The summed E-state index contributed by atoms with van der Waals surface area (Å²) in [6.07, 6.45) is -0.863. The highest BCUT2D eigenvalue weighted by Gasteiger charge is 2.31. The van der Waals surface area contributed by atoms with E-state index in [1.54, 1.807) is 0 Å². The quantitative estimate of drug-likeness (QED) is 0.538. The summed E-state index contributed by atoms with van der Waals surface area (Å²) in [5, 5.41) is 0. The van der Waals surface area contributed by atoms with E-state index in [2.05, 4.69) is 13.1 Å². The molecule has 6 nitrogen and oxygen atoms in total. The molecule has 7 heteroatoms. The average Bonchev–Trinajstić information content (AvgIpc) is 2.30. The summed E-state index contributed by atoms with van der Waals surface area (Å²) >= 11 is 0. The molecular weight excluding hydrogens is 188 g/mol. The van der Waals surface area contributed by atoms with Crippen LogP contribution in [0, 0.1) is 0 Å². The van der Waals surface area contributed by atoms with Gasteiger partial charge in [0.25, 0.3) is 0 Å². The van der Waals surface area contributed by atoms with E-state index in [1.165, 1.54) is 7.11 Å². The molecule has 0 unspecified atom stereocenters. The van der Waals surface area contributed by atoms with Crippen molar-refractivity contribution in [1.29, 1.82) is 0 Å². The predicted octanol–water partition coefficient (Wildman–Crippen LogP) is -0.790. The van der Waals surface area contributed by atoms with Crippen molar-refractivity contribution in [3.8, 4) is 0 Å². The Morgan fingerprint density at radius 2 is 2.33 bits per heavy atom. The van der Waals surface area contributed by atoms with Gasteiger partial charge in [-0.1, -0.05) is 0 Å². The van der Waals surface area contributed by atoms with E-state index in [0.29, 0.717) is 0 Å². The first-order valence-electron chi connectivity index (χ1n) is 3.18. The van der Waals surface area contributed by atoms with Gasteiger partial charge >= 0.3 is 16.4 Å². The molecule has 1 fully saturated rings. The minimum Gasteiger partial charge on any atom is -0.469 e. The summed E-state index contributed by atoms with van der Waals surface area (Å²) in [6, 6.07) is 0. The third kappa shape index (κ3) is 2.43. The van der Waals surface area contributed by atoms with Crippen LogP contribution in [0.15, 0.2) is 0 Å². The Balaban J connectivity index is 2.43. The average molecular weight is 196 g/mol. The van der Waals surface area contributed by atoms with Gasteiger partial charge in [-0.25, -0.2) is 8.37 Å². The number of carbonyl (C=O) groups is 1. The van der Waals surface area contributed by atoms with Crippen LogP contribution in [0.4, 0.5) is 0 Å². The van der Waals surface area contributed by atoms with Gasteiger partial charge in [-0.3, -0.25) is 4.79 Å². The van der Waals surface area contributed by atoms with E-state index < -0.39 is 22.5 Å². The van der Waals surface area contributed by atoms with Gasteiger partial charge < -0.3 is 4.74 Å². The normalized spacial score (nSPS) is 26.9. The van der Waals surface area contributed by atoms with Crippen molar-refractivity contribution in [3.63, 3.8) is 0 Å². The van der Waals surface area contributed by atoms with Crippen LogP contribution in [0.2, 0.25) is 0 Å². The Bertz CT molecular complexity index is 268. The predicted molar refractivity (Wildman–Crippen MR) is 36.4 cm³/mol. The van der Waals surface area contributed by atoms with Crippen molar-refractivity contribution in [2.24, 2.45) is 0 Å². The molecule has 1 heterocycles. The number of ether oxygens (including phenoxy) is 1. The molecule has 0 aromatic heterocycles. The van der Waals surface area contributed by atoms with Crippen LogP contribution in [-0.4, -0.2) is 34.2 Å². The van der Waals surface area contributed by atoms with Gasteiger partial charge in [0, 0.05) is 0 Å². The lowest BCUT2D eigenvalue weighted by atomic mass is 10.3. The maximum atomic E-state index is 10.6. The van der Waals surface area contributed by atoms with Crippen molar-refractivity contribution in [1.82, 2.24) is 0 Å². The first-order valence-corrected chi connectivity index (χ1v) is 4.51. The highest BCUT2D eigenvalue weighted by Crippen LogP contribution is 2.15. The Labute approximate surface area is 69.7 Å². The molecular formula is C5H8O6S. The standard InChI is InChI=1S/C5H8O6S/c1-9-5(6)2-4-3-10-12(7,8)11-4/h4H,2-3H2,1H3/t4-/m0/s1. The van der Waals surface area contributed by atoms with Crippen LogP contribution in [0.3, 0.4) is 0 Å². The highest BCUT2D eigenvalue weighted by molar-refractivity contribution is 7.82. The lowest BCUT2D eigenvalue weighted by molar-refractivity contribution is -0.142. The highest BCUT2D eigenvalue weighted by atomic mass is 32.3. The van der Waals surface area contributed by atoms with E-state index in [9.17, 15) is 13.2 Å². The fourth-order valence-corrected chi connectivity index (χ4v) is 1.57. The van der Waals surface area contributed by atoms with Crippen molar-refractivity contribution >= 4 is 16.4 Å². The van der Waals surface area contributed by atoms with Crippen LogP contribution < -0.4 is 0 Å². The zero-order valence-electron chi connectivity index (χ0n) is 6.35. The van der Waals surface area contributed by atoms with Crippen LogP contribution in [0.1, 0.15) is 6.42 Å². The molecule has 70 valence electrons. The fraction of sp³-hybridized carbons (Fsp3) is 0.800. The van der Waals surface area contributed by atoms with Gasteiger partial charge in [0.05, 0.1) is 20.1 Å². The SMILES string of the molecule is COC(=O)C[C@H]1COS(=O)(=O)O1. The lowest BCUT2D eigenvalue weighted by Crippen LogP contribution is -2.16. The topological polar surface area (TPSA) is 78.9 Å². The van der Waals surface area contributed by atoms with E-state index in [1.807, 2.05) is 0 Å². The summed E-state index contributed by atoms with van der Waals surface area (Å²) in [4.78, 5) is 10.6. The van der Waals surface area contributed by atoms with Crippen LogP contribution >= 0.6 is 0 Å². The fourth-order valence-electron chi connectivity index (χ4n) is 0.744. The van der Waals surface area contributed by atoms with Crippen molar-refractivity contribution in [3.05, 3.63) is 0 Å². The van der Waals surface area contributed by atoms with Crippen LogP contribution in [-0.2, 0) is 28.3 Å². The number of hydrogen-bond donors (Lipinski definition) is 0. The second kappa shape index (κ2) is 3.38. The number of esters is 1. The third-order valence-corrected chi connectivity index (χ3v) is 2.21. The van der Waals surface area contributed by atoms with E-state index in [0.717, 1.165) is 0 Å². The minimum atomic E-state index is -3.86. The molecule has 0 saturated carbocycles. The maximum Gasteiger partial charge on any atom is 0.400 e. The molecule has 1 rings (SSSR count). The third-order valence-electron chi connectivity index (χ3n) is 1.27. The second-order valence-corrected chi connectivity index (χ2v) is 3.44. The Kier molecular flexibility index (Phi) is 2.65. The molecule has 1 atom stereocenters. The summed E-state index contributed by atoms with van der Waals surface area (Å²) in [5.41, 5.74) is 0. The molecule has 0 radical (unpaired) electrons. The monoisotopic (exact) mass is 196 g/mol. The molecule has 1 saturated heterocycles. The summed E-state index contributed by atoms with van der Waals surface area (Å²) < 4.78 is 34.0. The molecule has 12 heavy (non-hydrogen) atoms. The van der Waals surface area contributed by atoms with Gasteiger partial charge in [0.15, 0.2) is 0 Å². The first kappa shape index (κ1) is 9.43. The van der Waals surface area contributed by atoms with Crippen molar-refractivity contribution in [2.45, 2.75) is 12.5 Å². The molecule has 0 aromatic rings. The van der Waals surface area contributed by atoms with Gasteiger partial charge in [0.2, 0.25) is 0 Å². The van der Waals surface area contributed by atoms with Crippen molar-refractivity contribution in [2.75, 3.05) is 13.7 Å². The van der Waals surface area contributed by atoms with Gasteiger partial charge in [-0.2, -0.15) is 8.42 Å². The molecule has 1 aliphatic heterocycles. The largest absolute Gasteiger partial charge is 0.469 e. The minimum absolute atomic E-state index is 0.115. The Hall–Kier alpha value is -0.660. The lowest BCUT2D eigenvalue weighted by Gasteiger charge is -2.01. The zero-order valence-corrected chi connectivity index (χ0v) is 7.17. The van der Waals surface area contributed by atoms with E-state index in [4.69, 9.17) is 0 Å². The Morgan fingerprint density at radius 1 is 1.67 bits per heavy atom. The smallest absolute Gasteiger partial charge is 0.400 e. The number of carbonyl (C=O) groups excluding carboxylic acids is 1. The van der Waals surface area contributed by atoms with E-state index >= 15 is 0 Å². The molecule has 0 bridgehead atoms. The molecule has 0 N–H and O–H groups in total. The zero-order chi connectivity index (χ0) is 9.19. The van der Waals surface area contributed by atoms with Gasteiger partial charge in [-0.15, -0.1) is 0 Å². The maximum absolute atomic E-state index is 10.6. The number of hydrogen-bond acceptors (Lipinski definition) is 6. The second-order valence-electron chi connectivity index (χ2n) is 2.19. The summed E-state index contributed by atoms with van der Waals surface area (Å²) in [7, 11) is -2.64.